The summed E-state index contributed by atoms with van der Waals surface area (Å²) in [4.78, 5) is 7.42. The van der Waals surface area contributed by atoms with E-state index in [9.17, 15) is 0 Å². The highest BCUT2D eigenvalue weighted by Gasteiger charge is 2.14. The molecule has 0 aliphatic rings. The summed E-state index contributed by atoms with van der Waals surface area (Å²) >= 11 is 13.5. The molecule has 0 spiro atoms. The molecule has 1 heterocycles. The third kappa shape index (κ3) is 4.24. The van der Waals surface area contributed by atoms with Gasteiger partial charge in [-0.1, -0.05) is 29.3 Å². The quantitative estimate of drug-likeness (QED) is 0.871. The Balaban J connectivity index is 0.00000200. The second kappa shape index (κ2) is 7.48. The molecule has 0 fully saturated rings. The average molecular weight is 353 g/mol. The number of hydrogen-bond acceptors (Lipinski definition) is 4. The van der Waals surface area contributed by atoms with Gasteiger partial charge in [-0.05, 0) is 31.7 Å². The molecule has 1 unspecified atom stereocenters. The van der Waals surface area contributed by atoms with Gasteiger partial charge in [0.05, 0.1) is 10.0 Å². The fraction of sp³-hybridized carbons (Fsp3) is 0.308. The van der Waals surface area contributed by atoms with Gasteiger partial charge in [0.25, 0.3) is 0 Å². The van der Waals surface area contributed by atoms with Gasteiger partial charge in [-0.2, -0.15) is 0 Å². The van der Waals surface area contributed by atoms with Gasteiger partial charge in [0, 0.05) is 23.7 Å². The minimum absolute atomic E-state index is 0. The van der Waals surface area contributed by atoms with Gasteiger partial charge in [0.15, 0.2) is 5.13 Å². The maximum atomic E-state index is 6.05. The summed E-state index contributed by atoms with van der Waals surface area (Å²) < 4.78 is 0. The van der Waals surface area contributed by atoms with Gasteiger partial charge in [-0.15, -0.1) is 23.7 Å². The van der Waals surface area contributed by atoms with E-state index in [1.807, 2.05) is 24.4 Å². The fourth-order valence-electron chi connectivity index (χ4n) is 1.81. The van der Waals surface area contributed by atoms with Crippen molar-refractivity contribution in [3.8, 4) is 0 Å². The minimum Gasteiger partial charge on any atom is -0.375 e. The van der Waals surface area contributed by atoms with Crippen LogP contribution in [0.4, 0.5) is 5.13 Å². The molecule has 1 aromatic carbocycles. The first kappa shape index (κ1) is 17.5. The molecule has 20 heavy (non-hydrogen) atoms. The van der Waals surface area contributed by atoms with Gasteiger partial charge >= 0.3 is 0 Å². The van der Waals surface area contributed by atoms with Crippen LogP contribution in [-0.2, 0) is 6.54 Å². The summed E-state index contributed by atoms with van der Waals surface area (Å²) in [5, 5.41) is 1.77. The van der Waals surface area contributed by atoms with Crippen molar-refractivity contribution in [1.29, 1.82) is 0 Å². The van der Waals surface area contributed by atoms with Crippen LogP contribution in [0.5, 0.6) is 0 Å². The number of hydrogen-bond donors (Lipinski definition) is 1. The van der Waals surface area contributed by atoms with Crippen LogP contribution in [0.15, 0.2) is 24.4 Å². The number of nitrogens with zero attached hydrogens (tertiary/aromatic N) is 2. The van der Waals surface area contributed by atoms with Crippen molar-refractivity contribution >= 4 is 52.1 Å². The van der Waals surface area contributed by atoms with Crippen molar-refractivity contribution in [1.82, 2.24) is 9.88 Å². The smallest absolute Gasteiger partial charge is 0.180 e. The highest BCUT2D eigenvalue weighted by molar-refractivity contribution is 7.15. The Morgan fingerprint density at radius 1 is 1.35 bits per heavy atom. The summed E-state index contributed by atoms with van der Waals surface area (Å²) in [5.74, 6) is 0. The number of benzene rings is 1. The fourth-order valence-corrected chi connectivity index (χ4v) is 2.86. The molecule has 2 N–H and O–H groups in total. The Labute approximate surface area is 139 Å². The average Bonchev–Trinajstić information content (AvgIpc) is 2.77. The molecule has 0 radical (unpaired) electrons. The maximum Gasteiger partial charge on any atom is 0.180 e. The van der Waals surface area contributed by atoms with Crippen molar-refractivity contribution < 1.29 is 0 Å². The van der Waals surface area contributed by atoms with Crippen molar-refractivity contribution in [2.45, 2.75) is 19.5 Å². The van der Waals surface area contributed by atoms with Crippen LogP contribution in [0.25, 0.3) is 0 Å². The van der Waals surface area contributed by atoms with Gasteiger partial charge in [0.2, 0.25) is 0 Å². The summed E-state index contributed by atoms with van der Waals surface area (Å²) in [6.45, 7) is 2.93. The summed E-state index contributed by atoms with van der Waals surface area (Å²) in [6.07, 6.45) is 1.82. The molecular formula is C13H16Cl3N3S. The third-order valence-corrected chi connectivity index (χ3v) is 4.61. The van der Waals surface area contributed by atoms with Crippen molar-refractivity contribution in [3.05, 3.63) is 44.9 Å². The van der Waals surface area contributed by atoms with Crippen molar-refractivity contribution in [3.63, 3.8) is 0 Å². The Kier molecular flexibility index (Phi) is 6.55. The van der Waals surface area contributed by atoms with E-state index in [4.69, 9.17) is 28.9 Å². The van der Waals surface area contributed by atoms with E-state index < -0.39 is 0 Å². The highest BCUT2D eigenvalue weighted by Crippen LogP contribution is 2.28. The Morgan fingerprint density at radius 3 is 2.60 bits per heavy atom. The molecule has 2 aromatic rings. The van der Waals surface area contributed by atoms with Crippen molar-refractivity contribution in [2.75, 3.05) is 12.8 Å². The van der Waals surface area contributed by atoms with Gasteiger partial charge in [-0.25, -0.2) is 4.98 Å². The number of rotatable bonds is 4. The summed E-state index contributed by atoms with van der Waals surface area (Å²) in [7, 11) is 2.06. The first-order valence-corrected chi connectivity index (χ1v) is 7.40. The number of thiazole rings is 1. The second-order valence-electron chi connectivity index (χ2n) is 4.43. The lowest BCUT2D eigenvalue weighted by atomic mass is 10.1. The predicted octanol–water partition coefficient (Wildman–Crippen LogP) is 4.65. The summed E-state index contributed by atoms with van der Waals surface area (Å²) in [5.41, 5.74) is 6.77. The first-order chi connectivity index (χ1) is 8.97. The van der Waals surface area contributed by atoms with Crippen molar-refractivity contribution in [2.24, 2.45) is 0 Å². The lowest BCUT2D eigenvalue weighted by molar-refractivity contribution is 0.255. The largest absolute Gasteiger partial charge is 0.375 e. The van der Waals surface area contributed by atoms with Gasteiger partial charge in [0.1, 0.15) is 0 Å². The molecule has 1 atom stereocenters. The molecule has 0 bridgehead atoms. The van der Waals surface area contributed by atoms with E-state index in [0.29, 0.717) is 15.2 Å². The minimum atomic E-state index is 0. The first-order valence-electron chi connectivity index (χ1n) is 5.82. The molecule has 0 amide bonds. The third-order valence-electron chi connectivity index (χ3n) is 3.06. The SMILES string of the molecule is CC(c1ccc(Cl)c(Cl)c1)N(C)Cc1cnc(N)s1.Cl. The monoisotopic (exact) mass is 351 g/mol. The molecule has 3 nitrogen and oxygen atoms in total. The van der Waals surface area contributed by atoms with E-state index in [0.717, 1.165) is 17.0 Å². The van der Waals surface area contributed by atoms with E-state index in [1.165, 1.54) is 11.3 Å². The van der Waals surface area contributed by atoms with E-state index >= 15 is 0 Å². The summed E-state index contributed by atoms with van der Waals surface area (Å²) in [6, 6.07) is 5.97. The second-order valence-corrected chi connectivity index (χ2v) is 6.39. The number of anilines is 1. The van der Waals surface area contributed by atoms with Crippen LogP contribution in [-0.4, -0.2) is 16.9 Å². The van der Waals surface area contributed by atoms with Crippen LogP contribution in [0.2, 0.25) is 10.0 Å². The van der Waals surface area contributed by atoms with Gasteiger partial charge < -0.3 is 5.73 Å². The van der Waals surface area contributed by atoms with Crippen LogP contribution in [0.3, 0.4) is 0 Å². The number of nitrogen functional groups attached to an aromatic ring is 1. The van der Waals surface area contributed by atoms with Crippen LogP contribution < -0.4 is 5.73 Å². The topological polar surface area (TPSA) is 42.2 Å². The van der Waals surface area contributed by atoms with Crippen LogP contribution >= 0.6 is 46.9 Å². The van der Waals surface area contributed by atoms with E-state index in [-0.39, 0.29) is 18.4 Å². The normalized spacial score (nSPS) is 12.2. The lowest BCUT2D eigenvalue weighted by Crippen LogP contribution is -2.21. The zero-order chi connectivity index (χ0) is 14.0. The maximum absolute atomic E-state index is 6.05. The van der Waals surface area contributed by atoms with E-state index in [2.05, 4.69) is 23.9 Å². The zero-order valence-corrected chi connectivity index (χ0v) is 14.3. The Morgan fingerprint density at radius 2 is 2.05 bits per heavy atom. The Hall–Kier alpha value is -0.520. The van der Waals surface area contributed by atoms with Gasteiger partial charge in [-0.3, -0.25) is 4.90 Å². The molecule has 0 aliphatic heterocycles. The molecule has 7 heteroatoms. The number of aromatic nitrogens is 1. The highest BCUT2D eigenvalue weighted by atomic mass is 35.5. The Bertz CT molecular complexity index is 574. The van der Waals surface area contributed by atoms with E-state index in [1.54, 1.807) is 0 Å². The molecule has 110 valence electrons. The standard InChI is InChI=1S/C13H15Cl2N3S.ClH/c1-8(9-3-4-11(14)12(15)5-9)18(2)7-10-6-17-13(16)19-10;/h3-6,8H,7H2,1-2H3,(H2,16,17);1H. The van der Waals surface area contributed by atoms with Crippen LogP contribution in [0, 0.1) is 0 Å². The predicted molar refractivity (Wildman–Crippen MR) is 90.1 cm³/mol. The number of halogens is 3. The van der Waals surface area contributed by atoms with Crippen LogP contribution in [0.1, 0.15) is 23.4 Å². The molecule has 0 aliphatic carbocycles. The molecular weight excluding hydrogens is 337 g/mol. The molecule has 1 aromatic heterocycles. The zero-order valence-electron chi connectivity index (χ0n) is 11.1. The molecule has 2 rings (SSSR count). The number of nitrogens with two attached hydrogens (primary N) is 1. The lowest BCUT2D eigenvalue weighted by Gasteiger charge is -2.24. The molecule has 0 saturated carbocycles. The molecule has 0 saturated heterocycles.